The lowest BCUT2D eigenvalue weighted by Crippen LogP contribution is -2.16. The Balaban J connectivity index is 1.55. The summed E-state index contributed by atoms with van der Waals surface area (Å²) in [4.78, 5) is 17.8. The average Bonchev–Trinajstić information content (AvgIpc) is 3.20. The second kappa shape index (κ2) is 7.13. The molecule has 0 atom stereocenters. The number of hydrogen-bond donors (Lipinski definition) is 1. The van der Waals surface area contributed by atoms with Gasteiger partial charge in [0.15, 0.2) is 4.96 Å². The fraction of sp³-hybridized carbons (Fsp3) is 0.100. The molecule has 0 aliphatic rings. The summed E-state index contributed by atoms with van der Waals surface area (Å²) >= 11 is 7.20. The Morgan fingerprint density at radius 1 is 1.26 bits per heavy atom. The number of aromatic nitrogens is 2. The largest absolute Gasteiger partial charge is 0.323 e. The Morgan fingerprint density at radius 3 is 2.78 bits per heavy atom. The molecule has 2 heterocycles. The van der Waals surface area contributed by atoms with Crippen molar-refractivity contribution in [3.8, 4) is 11.3 Å². The quantitative estimate of drug-likeness (QED) is 0.503. The Hall–Kier alpha value is -2.70. The molecule has 0 saturated carbocycles. The molecule has 136 valence electrons. The third-order valence-electron chi connectivity index (χ3n) is 4.18. The summed E-state index contributed by atoms with van der Waals surface area (Å²) in [6.45, 7) is 2.04. The second-order valence-corrected chi connectivity index (χ2v) is 7.49. The first kappa shape index (κ1) is 17.7. The summed E-state index contributed by atoms with van der Waals surface area (Å²) in [6.07, 6.45) is 2.04. The number of imidazole rings is 1. The van der Waals surface area contributed by atoms with Crippen molar-refractivity contribution in [2.75, 3.05) is 5.32 Å². The number of nitrogens with one attached hydrogen (secondary N) is 1. The fourth-order valence-corrected chi connectivity index (χ4v) is 3.80. The molecule has 2 aromatic carbocycles. The van der Waals surface area contributed by atoms with Gasteiger partial charge in [-0.2, -0.15) is 0 Å². The van der Waals surface area contributed by atoms with E-state index in [2.05, 4.69) is 10.3 Å². The molecule has 4 rings (SSSR count). The molecule has 0 aliphatic carbocycles. The molecule has 0 saturated heterocycles. The van der Waals surface area contributed by atoms with Crippen LogP contribution in [-0.2, 0) is 11.2 Å². The van der Waals surface area contributed by atoms with Gasteiger partial charge in [-0.15, -0.1) is 11.3 Å². The van der Waals surface area contributed by atoms with Crippen molar-refractivity contribution in [3.63, 3.8) is 0 Å². The first-order chi connectivity index (χ1) is 13.0. The lowest BCUT2D eigenvalue weighted by molar-refractivity contribution is -0.115. The van der Waals surface area contributed by atoms with E-state index in [4.69, 9.17) is 11.6 Å². The number of carbonyl (C=O) groups excluding carboxylic acids is 1. The number of rotatable bonds is 4. The Kier molecular flexibility index (Phi) is 4.68. The summed E-state index contributed by atoms with van der Waals surface area (Å²) in [6, 6.07) is 12.3. The van der Waals surface area contributed by atoms with Gasteiger partial charge in [-0.1, -0.05) is 41.4 Å². The number of nitrogens with zero attached hydrogens (tertiary/aromatic N) is 2. The van der Waals surface area contributed by atoms with E-state index in [1.807, 2.05) is 47.2 Å². The van der Waals surface area contributed by atoms with Crippen LogP contribution in [0, 0.1) is 12.7 Å². The zero-order valence-electron chi connectivity index (χ0n) is 14.4. The normalized spacial score (nSPS) is 11.1. The topological polar surface area (TPSA) is 46.4 Å². The number of halogens is 2. The zero-order valence-corrected chi connectivity index (χ0v) is 15.9. The molecule has 4 aromatic rings. The van der Waals surface area contributed by atoms with Gasteiger partial charge in [-0.3, -0.25) is 9.20 Å². The van der Waals surface area contributed by atoms with Crippen molar-refractivity contribution >= 4 is 39.5 Å². The van der Waals surface area contributed by atoms with E-state index in [1.165, 1.54) is 35.1 Å². The van der Waals surface area contributed by atoms with Gasteiger partial charge in [-0.25, -0.2) is 9.37 Å². The molecular weight excluding hydrogens is 385 g/mol. The van der Waals surface area contributed by atoms with E-state index in [0.717, 1.165) is 21.9 Å². The minimum atomic E-state index is -0.560. The van der Waals surface area contributed by atoms with Crippen molar-refractivity contribution in [1.82, 2.24) is 9.38 Å². The second-order valence-electron chi connectivity index (χ2n) is 6.22. The monoisotopic (exact) mass is 399 g/mol. The van der Waals surface area contributed by atoms with Gasteiger partial charge in [0.25, 0.3) is 0 Å². The molecule has 0 spiro atoms. The summed E-state index contributed by atoms with van der Waals surface area (Å²) in [5, 5.41) is 4.76. The molecule has 0 fully saturated rings. The summed E-state index contributed by atoms with van der Waals surface area (Å²) in [7, 11) is 0. The number of benzene rings is 2. The predicted molar refractivity (Wildman–Crippen MR) is 107 cm³/mol. The summed E-state index contributed by atoms with van der Waals surface area (Å²) < 4.78 is 15.8. The van der Waals surface area contributed by atoms with Crippen molar-refractivity contribution in [2.24, 2.45) is 0 Å². The Morgan fingerprint density at radius 2 is 2.04 bits per heavy atom. The van der Waals surface area contributed by atoms with Crippen LogP contribution in [0.5, 0.6) is 0 Å². The average molecular weight is 400 g/mol. The van der Waals surface area contributed by atoms with Gasteiger partial charge in [0, 0.05) is 27.9 Å². The number of hydrogen-bond acceptors (Lipinski definition) is 3. The fourth-order valence-electron chi connectivity index (χ4n) is 2.77. The van der Waals surface area contributed by atoms with Crippen molar-refractivity contribution in [3.05, 3.63) is 76.1 Å². The Bertz CT molecular complexity index is 1130. The number of aryl methyl sites for hydroxylation is 1. The minimum absolute atomic E-state index is 0.113. The van der Waals surface area contributed by atoms with E-state index in [1.54, 1.807) is 0 Å². The first-order valence-electron chi connectivity index (χ1n) is 8.27. The first-order valence-corrected chi connectivity index (χ1v) is 9.53. The number of anilines is 1. The summed E-state index contributed by atoms with van der Waals surface area (Å²) in [5.74, 6) is -0.864. The maximum atomic E-state index is 13.8. The molecule has 7 heteroatoms. The SMILES string of the molecule is Cc1ccc(-c2cn3c(CC(=O)Nc4ccc(Cl)cc4F)csc3n2)cc1. The zero-order chi connectivity index (χ0) is 19.0. The highest BCUT2D eigenvalue weighted by atomic mass is 35.5. The summed E-state index contributed by atoms with van der Waals surface area (Å²) in [5.41, 5.74) is 3.98. The third-order valence-corrected chi connectivity index (χ3v) is 5.30. The van der Waals surface area contributed by atoms with Crippen LogP contribution >= 0.6 is 22.9 Å². The number of carbonyl (C=O) groups is 1. The minimum Gasteiger partial charge on any atom is -0.323 e. The lowest BCUT2D eigenvalue weighted by Gasteiger charge is -2.06. The highest BCUT2D eigenvalue weighted by Gasteiger charge is 2.14. The molecular formula is C20H15ClFN3OS. The highest BCUT2D eigenvalue weighted by molar-refractivity contribution is 7.15. The van der Waals surface area contributed by atoms with Gasteiger partial charge < -0.3 is 5.32 Å². The van der Waals surface area contributed by atoms with Crippen LogP contribution in [0.1, 0.15) is 11.3 Å². The van der Waals surface area contributed by atoms with E-state index in [-0.39, 0.29) is 23.0 Å². The smallest absolute Gasteiger partial charge is 0.230 e. The van der Waals surface area contributed by atoms with Gasteiger partial charge in [0.1, 0.15) is 5.82 Å². The number of amides is 1. The van der Waals surface area contributed by atoms with E-state index in [0.29, 0.717) is 0 Å². The molecule has 0 aliphatic heterocycles. The highest BCUT2D eigenvalue weighted by Crippen LogP contribution is 2.25. The number of thiazole rings is 1. The van der Waals surface area contributed by atoms with Gasteiger partial charge in [0.2, 0.25) is 5.91 Å². The van der Waals surface area contributed by atoms with Crippen LogP contribution in [0.2, 0.25) is 5.02 Å². The molecule has 0 radical (unpaired) electrons. The molecule has 0 unspecified atom stereocenters. The van der Waals surface area contributed by atoms with Crippen LogP contribution in [0.3, 0.4) is 0 Å². The van der Waals surface area contributed by atoms with Crippen LogP contribution in [0.15, 0.2) is 54.0 Å². The standard InChI is InChI=1S/C20H15ClFN3OS/c1-12-2-4-13(5-3-12)18-10-25-15(11-27-20(25)24-18)9-19(26)23-17-7-6-14(21)8-16(17)22/h2-8,10-11H,9H2,1H3,(H,23,26). The van der Waals surface area contributed by atoms with E-state index in [9.17, 15) is 9.18 Å². The van der Waals surface area contributed by atoms with Crippen molar-refractivity contribution in [2.45, 2.75) is 13.3 Å². The maximum absolute atomic E-state index is 13.8. The van der Waals surface area contributed by atoms with Crippen LogP contribution in [-0.4, -0.2) is 15.3 Å². The Labute approximate surface area is 164 Å². The molecule has 1 N–H and O–H groups in total. The number of fused-ring (bicyclic) bond motifs is 1. The molecule has 0 bridgehead atoms. The third kappa shape index (κ3) is 3.72. The van der Waals surface area contributed by atoms with Crippen LogP contribution in [0.25, 0.3) is 16.2 Å². The molecule has 27 heavy (non-hydrogen) atoms. The lowest BCUT2D eigenvalue weighted by atomic mass is 10.1. The van der Waals surface area contributed by atoms with Crippen molar-refractivity contribution < 1.29 is 9.18 Å². The predicted octanol–water partition coefficient (Wildman–Crippen LogP) is 5.34. The van der Waals surface area contributed by atoms with Gasteiger partial charge in [-0.05, 0) is 25.1 Å². The van der Waals surface area contributed by atoms with E-state index >= 15 is 0 Å². The molecule has 4 nitrogen and oxygen atoms in total. The van der Waals surface area contributed by atoms with Gasteiger partial charge in [0.05, 0.1) is 17.8 Å². The van der Waals surface area contributed by atoms with E-state index < -0.39 is 5.82 Å². The van der Waals surface area contributed by atoms with Crippen LogP contribution in [0.4, 0.5) is 10.1 Å². The van der Waals surface area contributed by atoms with Crippen molar-refractivity contribution in [1.29, 1.82) is 0 Å². The molecule has 2 aromatic heterocycles. The van der Waals surface area contributed by atoms with Crippen LogP contribution < -0.4 is 5.32 Å². The van der Waals surface area contributed by atoms with Gasteiger partial charge >= 0.3 is 0 Å². The molecule has 1 amide bonds. The maximum Gasteiger partial charge on any atom is 0.230 e.